The summed E-state index contributed by atoms with van der Waals surface area (Å²) in [5.41, 5.74) is -2.14. The molecule has 0 atom stereocenters. The number of pyridine rings is 1. The molecule has 0 saturated heterocycles. The van der Waals surface area contributed by atoms with Gasteiger partial charge in [0.25, 0.3) is 5.56 Å². The van der Waals surface area contributed by atoms with Crippen molar-refractivity contribution in [3.8, 4) is 5.69 Å². The molecule has 3 N–H and O–H groups in total. The van der Waals surface area contributed by atoms with E-state index in [0.717, 1.165) is 23.0 Å². The SMILES string of the molecule is CCOC(=O)c1ccc(NC(=O)OCc2cn(-c3cc4c(cc3C(F)(F)F)[nH]c(=O)c3[nH]c(=O)oc34)cn2)cc1. The van der Waals surface area contributed by atoms with E-state index in [1.807, 2.05) is 0 Å². The van der Waals surface area contributed by atoms with Gasteiger partial charge >= 0.3 is 24.0 Å². The fourth-order valence-electron chi connectivity index (χ4n) is 3.95. The zero-order chi connectivity index (χ0) is 28.6. The number of aromatic nitrogens is 4. The van der Waals surface area contributed by atoms with Gasteiger partial charge in [-0.2, -0.15) is 13.2 Å². The minimum absolute atomic E-state index is 0.0517. The topological polar surface area (TPSA) is 161 Å². The average molecular weight is 557 g/mol. The number of oxazole rings is 1. The average Bonchev–Trinajstić information content (AvgIpc) is 3.54. The van der Waals surface area contributed by atoms with Crippen LogP contribution < -0.4 is 16.6 Å². The third-order valence-corrected chi connectivity index (χ3v) is 5.72. The van der Waals surface area contributed by atoms with E-state index in [-0.39, 0.29) is 46.6 Å². The molecule has 0 aliphatic heterocycles. The van der Waals surface area contributed by atoms with Crippen molar-refractivity contribution < 1.29 is 36.7 Å². The fourth-order valence-corrected chi connectivity index (χ4v) is 3.95. The van der Waals surface area contributed by atoms with Crippen molar-refractivity contribution in [3.63, 3.8) is 0 Å². The van der Waals surface area contributed by atoms with Crippen LogP contribution in [-0.4, -0.2) is 38.2 Å². The molecule has 0 spiro atoms. The zero-order valence-electron chi connectivity index (χ0n) is 20.4. The Labute approximate surface area is 220 Å². The number of esters is 1. The summed E-state index contributed by atoms with van der Waals surface area (Å²) >= 11 is 0. The van der Waals surface area contributed by atoms with Crippen molar-refractivity contribution in [2.45, 2.75) is 19.7 Å². The third-order valence-electron chi connectivity index (χ3n) is 5.72. The molecule has 0 saturated carbocycles. The molecule has 0 fully saturated rings. The lowest BCUT2D eigenvalue weighted by Crippen LogP contribution is -2.14. The predicted molar refractivity (Wildman–Crippen MR) is 133 cm³/mol. The number of hydrogen-bond acceptors (Lipinski definition) is 8. The van der Waals surface area contributed by atoms with Crippen LogP contribution in [0.25, 0.3) is 27.7 Å². The van der Waals surface area contributed by atoms with Crippen LogP contribution in [0.1, 0.15) is 28.5 Å². The lowest BCUT2D eigenvalue weighted by Gasteiger charge is -2.14. The molecule has 0 bridgehead atoms. The van der Waals surface area contributed by atoms with Crippen molar-refractivity contribution in [1.82, 2.24) is 19.5 Å². The molecular formula is C25H18F3N5O7. The lowest BCUT2D eigenvalue weighted by molar-refractivity contribution is -0.137. The fraction of sp³-hybridized carbons (Fsp3) is 0.160. The summed E-state index contributed by atoms with van der Waals surface area (Å²) in [4.78, 5) is 56.3. The van der Waals surface area contributed by atoms with Gasteiger partial charge in [0.2, 0.25) is 0 Å². The molecule has 5 rings (SSSR count). The third kappa shape index (κ3) is 5.16. The van der Waals surface area contributed by atoms with Crippen LogP contribution in [0.4, 0.5) is 23.7 Å². The number of halogens is 3. The molecule has 206 valence electrons. The Kier molecular flexibility index (Phi) is 6.63. The minimum Gasteiger partial charge on any atom is -0.462 e. The molecule has 0 aliphatic rings. The number of amides is 1. The van der Waals surface area contributed by atoms with Crippen LogP contribution in [-0.2, 0) is 22.3 Å². The number of carbonyl (C=O) groups is 2. The number of H-pyrrole nitrogens is 2. The smallest absolute Gasteiger partial charge is 0.418 e. The first kappa shape index (κ1) is 26.3. The highest BCUT2D eigenvalue weighted by Gasteiger charge is 2.35. The summed E-state index contributed by atoms with van der Waals surface area (Å²) in [5.74, 6) is -1.45. The Bertz CT molecular complexity index is 1870. The number of anilines is 1. The molecule has 2 aromatic carbocycles. The summed E-state index contributed by atoms with van der Waals surface area (Å²) in [5, 5.41) is 2.51. The van der Waals surface area contributed by atoms with Gasteiger partial charge < -0.3 is 23.4 Å². The quantitative estimate of drug-likeness (QED) is 0.263. The molecule has 15 heteroatoms. The number of alkyl halides is 3. The van der Waals surface area contributed by atoms with E-state index in [4.69, 9.17) is 13.9 Å². The number of carbonyl (C=O) groups excluding carboxylic acids is 2. The Balaban J connectivity index is 1.37. The molecule has 5 aromatic rings. The zero-order valence-corrected chi connectivity index (χ0v) is 20.4. The van der Waals surface area contributed by atoms with Gasteiger partial charge in [0, 0.05) is 17.3 Å². The predicted octanol–water partition coefficient (Wildman–Crippen LogP) is 4.09. The molecule has 3 heterocycles. The van der Waals surface area contributed by atoms with Crippen molar-refractivity contribution in [1.29, 1.82) is 0 Å². The summed E-state index contributed by atoms with van der Waals surface area (Å²) < 4.78 is 57.9. The monoisotopic (exact) mass is 557 g/mol. The first-order valence-electron chi connectivity index (χ1n) is 11.6. The van der Waals surface area contributed by atoms with E-state index in [2.05, 4.69) is 20.3 Å². The van der Waals surface area contributed by atoms with Gasteiger partial charge in [0.05, 0.1) is 41.0 Å². The molecule has 3 aromatic heterocycles. The first-order chi connectivity index (χ1) is 19.0. The van der Waals surface area contributed by atoms with Crippen LogP contribution in [0, 0.1) is 0 Å². The molecule has 0 aliphatic carbocycles. The Morgan fingerprint density at radius 2 is 1.85 bits per heavy atom. The largest absolute Gasteiger partial charge is 0.462 e. The van der Waals surface area contributed by atoms with Gasteiger partial charge in [0.15, 0.2) is 11.1 Å². The maximum atomic E-state index is 13.9. The minimum atomic E-state index is -4.82. The number of rotatable bonds is 6. The van der Waals surface area contributed by atoms with E-state index >= 15 is 0 Å². The Hall–Kier alpha value is -5.34. The number of nitrogens with zero attached hydrogens (tertiary/aromatic N) is 2. The highest BCUT2D eigenvalue weighted by atomic mass is 19.4. The van der Waals surface area contributed by atoms with Crippen molar-refractivity contribution >= 4 is 39.8 Å². The number of fused-ring (bicyclic) bond motifs is 3. The van der Waals surface area contributed by atoms with Crippen molar-refractivity contribution in [2.24, 2.45) is 0 Å². The van der Waals surface area contributed by atoms with Crippen molar-refractivity contribution in [3.05, 3.63) is 86.6 Å². The second-order valence-electron chi connectivity index (χ2n) is 8.36. The molecule has 12 nitrogen and oxygen atoms in total. The summed E-state index contributed by atoms with van der Waals surface area (Å²) in [7, 11) is 0. The Morgan fingerprint density at radius 3 is 2.55 bits per heavy atom. The molecular weight excluding hydrogens is 539 g/mol. The number of imidazole rings is 1. The number of ether oxygens (including phenoxy) is 2. The highest BCUT2D eigenvalue weighted by Crippen LogP contribution is 2.37. The second-order valence-corrected chi connectivity index (χ2v) is 8.36. The highest BCUT2D eigenvalue weighted by molar-refractivity contribution is 6.01. The van der Waals surface area contributed by atoms with Gasteiger partial charge in [-0.3, -0.25) is 15.1 Å². The van der Waals surface area contributed by atoms with Crippen LogP contribution in [0.3, 0.4) is 0 Å². The normalized spacial score (nSPS) is 11.6. The number of aromatic amines is 2. The molecule has 0 unspecified atom stereocenters. The van der Waals surface area contributed by atoms with Crippen LogP contribution in [0.2, 0.25) is 0 Å². The van der Waals surface area contributed by atoms with Crippen LogP contribution >= 0.6 is 0 Å². The van der Waals surface area contributed by atoms with E-state index < -0.39 is 35.1 Å². The van der Waals surface area contributed by atoms with Gasteiger partial charge in [-0.05, 0) is 43.3 Å². The maximum absolute atomic E-state index is 13.9. The summed E-state index contributed by atoms with van der Waals surface area (Å²) in [6, 6.07) is 7.69. The van der Waals surface area contributed by atoms with E-state index in [1.165, 1.54) is 30.5 Å². The van der Waals surface area contributed by atoms with E-state index in [1.54, 1.807) is 6.92 Å². The van der Waals surface area contributed by atoms with E-state index in [9.17, 15) is 32.3 Å². The standard InChI is InChI=1S/C25H18F3N5O7/c1-2-38-22(35)12-3-5-13(6-4-12)30-23(36)39-10-14-9-33(11-29-14)18-7-15-17(8-16(18)25(26,27)28)31-21(34)19-20(15)40-24(37)32-19/h3-9,11H,2,10H2,1H3,(H,30,36)(H,31,34)(H,32,37). The second kappa shape index (κ2) is 10.1. The molecule has 0 radical (unpaired) electrons. The summed E-state index contributed by atoms with van der Waals surface area (Å²) in [6.45, 7) is 1.52. The molecule has 40 heavy (non-hydrogen) atoms. The van der Waals surface area contributed by atoms with Gasteiger partial charge in [-0.25, -0.2) is 19.4 Å². The summed E-state index contributed by atoms with van der Waals surface area (Å²) in [6.07, 6.45) is -3.36. The number of hydrogen-bond donors (Lipinski definition) is 3. The van der Waals surface area contributed by atoms with Crippen LogP contribution in [0.5, 0.6) is 0 Å². The number of nitrogens with one attached hydrogen (secondary N) is 3. The maximum Gasteiger partial charge on any atom is 0.418 e. The van der Waals surface area contributed by atoms with Crippen molar-refractivity contribution in [2.75, 3.05) is 11.9 Å². The van der Waals surface area contributed by atoms with E-state index in [0.29, 0.717) is 11.3 Å². The lowest BCUT2D eigenvalue weighted by atomic mass is 10.1. The van der Waals surface area contributed by atoms with Crippen LogP contribution in [0.15, 0.2) is 62.9 Å². The van der Waals surface area contributed by atoms with Gasteiger partial charge in [-0.1, -0.05) is 0 Å². The first-order valence-corrected chi connectivity index (χ1v) is 11.6. The van der Waals surface area contributed by atoms with Gasteiger partial charge in [-0.15, -0.1) is 0 Å². The van der Waals surface area contributed by atoms with Gasteiger partial charge in [0.1, 0.15) is 6.61 Å². The Morgan fingerprint density at radius 1 is 1.10 bits per heavy atom. The molecule has 1 amide bonds. The number of benzene rings is 2.